The average Bonchev–Trinajstić information content (AvgIpc) is 2.63. The number of hydrogen-bond donors (Lipinski definition) is 8. The molecule has 9 atom stereocenters. The van der Waals surface area contributed by atoms with Crippen molar-refractivity contribution in [2.45, 2.75) is 55.9 Å². The third-order valence-electron chi connectivity index (χ3n) is 3.87. The molecule has 1 aliphatic rings. The van der Waals surface area contributed by atoms with Crippen molar-refractivity contribution in [1.82, 2.24) is 5.32 Å². The third kappa shape index (κ3) is 6.95. The summed E-state index contributed by atoms with van der Waals surface area (Å²) in [5.74, 6) is -0.714. The SMILES string of the molecule is CC(=O)N[C@@H]1[C@@H](OP(=O)([O-])OC[C@@H](O)[C@@H](O)[C@@H](O)CO)[C@@H](O)[C@@H](CO)O[C@H]1O. The van der Waals surface area contributed by atoms with Crippen molar-refractivity contribution >= 4 is 13.7 Å². The lowest BCUT2D eigenvalue weighted by atomic mass is 9.97. The van der Waals surface area contributed by atoms with E-state index in [0.717, 1.165) is 6.92 Å². The van der Waals surface area contributed by atoms with Crippen LogP contribution in [0, 0.1) is 0 Å². The van der Waals surface area contributed by atoms with Crippen molar-refractivity contribution in [3.05, 3.63) is 0 Å². The zero-order valence-corrected chi connectivity index (χ0v) is 15.7. The number of phosphoric acid groups is 1. The molecule has 0 aromatic heterocycles. The summed E-state index contributed by atoms with van der Waals surface area (Å²) < 4.78 is 26.0. The number of hydrogen-bond acceptors (Lipinski definition) is 13. The standard InChI is InChI=1S/C13H26NO13P/c1-5(17)14-9-12(11(21)8(3-16)26-13(9)22)27-28(23,24)25-4-7(19)10(20)6(18)2-15/h6-13,15-16,18-22H,2-4H2,1H3,(H,14,17)(H,23,24)/p-1/t6-,7+,8+,9+,10-,11-,12+,13+/m0/s1. The summed E-state index contributed by atoms with van der Waals surface area (Å²) in [6.07, 6.45) is -12.5. The quantitative estimate of drug-likeness (QED) is 0.150. The number of ether oxygens (including phenoxy) is 1. The van der Waals surface area contributed by atoms with Crippen LogP contribution in [0.25, 0.3) is 0 Å². The minimum absolute atomic E-state index is 0.714. The molecule has 1 unspecified atom stereocenters. The predicted molar refractivity (Wildman–Crippen MR) is 85.1 cm³/mol. The third-order valence-corrected chi connectivity index (χ3v) is 4.84. The van der Waals surface area contributed by atoms with Gasteiger partial charge in [0.2, 0.25) is 5.91 Å². The van der Waals surface area contributed by atoms with Crippen LogP contribution in [0.2, 0.25) is 0 Å². The van der Waals surface area contributed by atoms with E-state index in [1.165, 1.54) is 0 Å². The minimum Gasteiger partial charge on any atom is -0.756 e. The molecule has 1 heterocycles. The van der Waals surface area contributed by atoms with Gasteiger partial charge in [0.1, 0.15) is 42.7 Å². The number of carbonyl (C=O) groups is 1. The van der Waals surface area contributed by atoms with E-state index in [2.05, 4.69) is 14.4 Å². The normalized spacial score (nSPS) is 33.5. The van der Waals surface area contributed by atoms with Crippen molar-refractivity contribution in [3.63, 3.8) is 0 Å². The first kappa shape index (κ1) is 25.3. The summed E-state index contributed by atoms with van der Waals surface area (Å²) >= 11 is 0. The van der Waals surface area contributed by atoms with Crippen LogP contribution in [0.4, 0.5) is 0 Å². The van der Waals surface area contributed by atoms with E-state index >= 15 is 0 Å². The van der Waals surface area contributed by atoms with Crippen molar-refractivity contribution in [3.8, 4) is 0 Å². The zero-order valence-electron chi connectivity index (χ0n) is 14.8. The molecule has 1 rings (SSSR count). The van der Waals surface area contributed by atoms with Crippen LogP contribution in [0.5, 0.6) is 0 Å². The van der Waals surface area contributed by atoms with Gasteiger partial charge in [-0.15, -0.1) is 0 Å². The molecule has 1 fully saturated rings. The van der Waals surface area contributed by atoms with Crippen molar-refractivity contribution in [2.24, 2.45) is 0 Å². The maximum Gasteiger partial charge on any atom is 0.268 e. The molecule has 0 bridgehead atoms. The van der Waals surface area contributed by atoms with Gasteiger partial charge in [-0.3, -0.25) is 9.36 Å². The molecule has 15 heteroatoms. The fourth-order valence-corrected chi connectivity index (χ4v) is 3.36. The Bertz CT molecular complexity index is 551. The van der Waals surface area contributed by atoms with Crippen LogP contribution in [-0.4, -0.2) is 110 Å². The van der Waals surface area contributed by atoms with E-state index < -0.39 is 82.5 Å². The van der Waals surface area contributed by atoms with E-state index in [1.807, 2.05) is 0 Å². The Labute approximate surface area is 159 Å². The Morgan fingerprint density at radius 3 is 2.36 bits per heavy atom. The highest BCUT2D eigenvalue weighted by Gasteiger charge is 2.47. The van der Waals surface area contributed by atoms with E-state index in [0.29, 0.717) is 0 Å². The van der Waals surface area contributed by atoms with Crippen molar-refractivity contribution in [1.29, 1.82) is 0 Å². The summed E-state index contributed by atoms with van der Waals surface area (Å²) in [7, 11) is -5.30. The lowest BCUT2D eigenvalue weighted by molar-refractivity contribution is -0.273. The van der Waals surface area contributed by atoms with E-state index in [-0.39, 0.29) is 0 Å². The Hall–Kier alpha value is -0.740. The van der Waals surface area contributed by atoms with Crippen LogP contribution in [-0.2, 0) is 23.1 Å². The van der Waals surface area contributed by atoms with Gasteiger partial charge in [-0.05, 0) is 0 Å². The molecule has 166 valence electrons. The molecule has 14 nitrogen and oxygen atoms in total. The first-order chi connectivity index (χ1) is 12.9. The second-order valence-corrected chi connectivity index (χ2v) is 7.45. The molecular weight excluding hydrogens is 409 g/mol. The van der Waals surface area contributed by atoms with Gasteiger partial charge in [0.05, 0.1) is 19.8 Å². The fraction of sp³-hybridized carbons (Fsp3) is 0.923. The van der Waals surface area contributed by atoms with Crippen LogP contribution >= 0.6 is 7.82 Å². The molecule has 0 aromatic carbocycles. The number of nitrogens with one attached hydrogen (secondary N) is 1. The Balaban J connectivity index is 2.85. The molecule has 0 aromatic rings. The maximum absolute atomic E-state index is 12.0. The lowest BCUT2D eigenvalue weighted by Crippen LogP contribution is -2.64. The second-order valence-electron chi connectivity index (χ2n) is 6.09. The molecule has 0 radical (unpaired) electrons. The molecule has 0 saturated carbocycles. The topological polar surface area (TPSA) is 239 Å². The van der Waals surface area contributed by atoms with Gasteiger partial charge in [-0.25, -0.2) is 0 Å². The minimum atomic E-state index is -5.30. The van der Waals surface area contributed by atoms with E-state index in [4.69, 9.17) is 14.9 Å². The van der Waals surface area contributed by atoms with Crippen LogP contribution < -0.4 is 10.2 Å². The fourth-order valence-electron chi connectivity index (χ4n) is 2.41. The first-order valence-electron chi connectivity index (χ1n) is 8.12. The zero-order chi connectivity index (χ0) is 21.6. The Kier molecular flexibility index (Phi) is 9.82. The highest BCUT2D eigenvalue weighted by atomic mass is 31.2. The van der Waals surface area contributed by atoms with Gasteiger partial charge in [0, 0.05) is 6.92 Å². The van der Waals surface area contributed by atoms with Gasteiger partial charge < -0.3 is 59.7 Å². The van der Waals surface area contributed by atoms with Gasteiger partial charge >= 0.3 is 0 Å². The van der Waals surface area contributed by atoms with Gasteiger partial charge in [-0.1, -0.05) is 0 Å². The van der Waals surface area contributed by atoms with E-state index in [1.54, 1.807) is 0 Å². The van der Waals surface area contributed by atoms with Crippen LogP contribution in [0.1, 0.15) is 6.92 Å². The average molecular weight is 434 g/mol. The van der Waals surface area contributed by atoms with Gasteiger partial charge in [-0.2, -0.15) is 0 Å². The maximum atomic E-state index is 12.0. The number of carbonyl (C=O) groups excluding carboxylic acids is 1. The predicted octanol–water partition coefficient (Wildman–Crippen LogP) is -5.49. The highest BCUT2D eigenvalue weighted by molar-refractivity contribution is 7.45. The van der Waals surface area contributed by atoms with E-state index in [9.17, 15) is 39.8 Å². The first-order valence-corrected chi connectivity index (χ1v) is 9.58. The molecule has 8 N–H and O–H groups in total. The molecule has 0 spiro atoms. The number of aliphatic hydroxyl groups is 7. The van der Waals surface area contributed by atoms with Crippen molar-refractivity contribution < 1.29 is 63.8 Å². The number of aliphatic hydroxyl groups excluding tert-OH is 7. The number of rotatable bonds is 10. The molecular formula is C13H25NO13P-. The van der Waals surface area contributed by atoms with Crippen LogP contribution in [0.3, 0.4) is 0 Å². The summed E-state index contributed by atoms with van der Waals surface area (Å²) in [6.45, 7) is -1.74. The Morgan fingerprint density at radius 1 is 1.25 bits per heavy atom. The number of amides is 1. The Morgan fingerprint density at radius 2 is 1.86 bits per heavy atom. The monoisotopic (exact) mass is 434 g/mol. The second kappa shape index (κ2) is 10.9. The molecule has 1 amide bonds. The summed E-state index contributed by atoms with van der Waals surface area (Å²) in [5, 5.41) is 68.2. The molecule has 0 aliphatic carbocycles. The largest absolute Gasteiger partial charge is 0.756 e. The molecule has 28 heavy (non-hydrogen) atoms. The molecule has 1 aliphatic heterocycles. The lowest BCUT2D eigenvalue weighted by Gasteiger charge is -2.44. The van der Waals surface area contributed by atoms with Crippen molar-refractivity contribution in [2.75, 3.05) is 19.8 Å². The summed E-state index contributed by atoms with van der Waals surface area (Å²) in [5.41, 5.74) is 0. The van der Waals surface area contributed by atoms with Gasteiger partial charge in [0.15, 0.2) is 6.29 Å². The highest BCUT2D eigenvalue weighted by Crippen LogP contribution is 2.43. The summed E-state index contributed by atoms with van der Waals surface area (Å²) in [6, 6.07) is -1.55. The number of phosphoric ester groups is 1. The summed E-state index contributed by atoms with van der Waals surface area (Å²) in [4.78, 5) is 23.3. The molecule has 1 saturated heterocycles. The smallest absolute Gasteiger partial charge is 0.268 e. The van der Waals surface area contributed by atoms with Gasteiger partial charge in [0.25, 0.3) is 7.82 Å². The van der Waals surface area contributed by atoms with Crippen LogP contribution in [0.15, 0.2) is 0 Å².